The lowest BCUT2D eigenvalue weighted by Gasteiger charge is -2.02. The maximum Gasteiger partial charge on any atom is 0.133 e. The number of hydrogen-bond donors (Lipinski definition) is 0. The third kappa shape index (κ3) is 9.19. The first-order valence-electron chi connectivity index (χ1n) is 4.87. The summed E-state index contributed by atoms with van der Waals surface area (Å²) in [5, 5.41) is 10.0. The standard InChI is InChI=1S/C10H18O4/c1-14-8-4-2-3-5-9(11)6-7-10(12)13/h2-8H2,1H3,(H,12,13)/p-1. The molecule has 0 N–H and O–H groups in total. The minimum absolute atomic E-state index is 0.00613. The SMILES string of the molecule is COCCCCCC(=O)CCC(=O)[O-]. The van der Waals surface area contributed by atoms with Crippen LogP contribution in [-0.4, -0.2) is 25.5 Å². The van der Waals surface area contributed by atoms with Gasteiger partial charge in [0.25, 0.3) is 0 Å². The molecule has 0 spiro atoms. The van der Waals surface area contributed by atoms with Crippen molar-refractivity contribution >= 4 is 11.8 Å². The molecule has 0 fully saturated rings. The fourth-order valence-corrected chi connectivity index (χ4v) is 1.11. The van der Waals surface area contributed by atoms with Crippen LogP contribution in [0.5, 0.6) is 0 Å². The van der Waals surface area contributed by atoms with Crippen molar-refractivity contribution in [3.05, 3.63) is 0 Å². The van der Waals surface area contributed by atoms with Gasteiger partial charge in [0.05, 0.1) is 0 Å². The predicted octanol–water partition coefficient (Wildman–Crippen LogP) is 0.292. The van der Waals surface area contributed by atoms with Crippen molar-refractivity contribution in [1.29, 1.82) is 0 Å². The molecular weight excluding hydrogens is 184 g/mol. The van der Waals surface area contributed by atoms with Crippen molar-refractivity contribution in [3.63, 3.8) is 0 Å². The Balaban J connectivity index is 3.22. The molecule has 82 valence electrons. The quantitative estimate of drug-likeness (QED) is 0.503. The smallest absolute Gasteiger partial charge is 0.133 e. The van der Waals surface area contributed by atoms with Crippen LogP contribution in [-0.2, 0) is 14.3 Å². The number of carbonyl (C=O) groups is 2. The lowest BCUT2D eigenvalue weighted by Crippen LogP contribution is -2.22. The van der Waals surface area contributed by atoms with Gasteiger partial charge in [0.1, 0.15) is 5.78 Å². The maximum atomic E-state index is 11.1. The molecule has 0 saturated heterocycles. The van der Waals surface area contributed by atoms with E-state index in [0.29, 0.717) is 13.0 Å². The van der Waals surface area contributed by atoms with Gasteiger partial charge in [-0.2, -0.15) is 0 Å². The molecule has 0 aromatic carbocycles. The molecule has 0 unspecified atom stereocenters. The van der Waals surface area contributed by atoms with E-state index in [4.69, 9.17) is 4.74 Å². The van der Waals surface area contributed by atoms with Crippen LogP contribution in [0.1, 0.15) is 38.5 Å². The highest BCUT2D eigenvalue weighted by Crippen LogP contribution is 2.03. The first-order chi connectivity index (χ1) is 6.66. The monoisotopic (exact) mass is 201 g/mol. The number of Topliss-reactive ketones (excluding diaryl/α,β-unsaturated/α-hetero) is 1. The summed E-state index contributed by atoms with van der Waals surface area (Å²) >= 11 is 0. The zero-order chi connectivity index (χ0) is 10.8. The Hall–Kier alpha value is -0.900. The fourth-order valence-electron chi connectivity index (χ4n) is 1.11. The molecule has 0 aromatic heterocycles. The van der Waals surface area contributed by atoms with Gasteiger partial charge in [-0.15, -0.1) is 0 Å². The number of hydrogen-bond acceptors (Lipinski definition) is 4. The summed E-state index contributed by atoms with van der Waals surface area (Å²) in [6, 6.07) is 0. The number of ether oxygens (including phenoxy) is 1. The van der Waals surface area contributed by atoms with E-state index in [0.717, 1.165) is 19.3 Å². The Kier molecular flexibility index (Phi) is 8.13. The van der Waals surface area contributed by atoms with Gasteiger partial charge in [0.15, 0.2) is 0 Å². The number of rotatable bonds is 9. The second-order valence-electron chi connectivity index (χ2n) is 3.21. The molecule has 4 nitrogen and oxygen atoms in total. The third-order valence-corrected chi connectivity index (χ3v) is 1.91. The number of unbranched alkanes of at least 4 members (excludes halogenated alkanes) is 2. The molecule has 0 aromatic rings. The summed E-state index contributed by atoms with van der Waals surface area (Å²) < 4.78 is 4.86. The number of carbonyl (C=O) groups excluding carboxylic acids is 2. The summed E-state index contributed by atoms with van der Waals surface area (Å²) in [6.45, 7) is 0.716. The fraction of sp³-hybridized carbons (Fsp3) is 0.800. The van der Waals surface area contributed by atoms with Gasteiger partial charge < -0.3 is 14.6 Å². The number of methoxy groups -OCH3 is 1. The van der Waals surface area contributed by atoms with Crippen LogP contribution < -0.4 is 5.11 Å². The Bertz CT molecular complexity index is 177. The van der Waals surface area contributed by atoms with Gasteiger partial charge in [0, 0.05) is 32.5 Å². The highest BCUT2D eigenvalue weighted by atomic mass is 16.5. The van der Waals surface area contributed by atoms with Gasteiger partial charge in [-0.25, -0.2) is 0 Å². The lowest BCUT2D eigenvalue weighted by atomic mass is 10.1. The van der Waals surface area contributed by atoms with Crippen LogP contribution >= 0.6 is 0 Å². The van der Waals surface area contributed by atoms with Crippen LogP contribution in [0.25, 0.3) is 0 Å². The van der Waals surface area contributed by atoms with Crippen LogP contribution in [0.15, 0.2) is 0 Å². The van der Waals surface area contributed by atoms with Crippen molar-refractivity contribution in [2.24, 2.45) is 0 Å². The average Bonchev–Trinajstić information content (AvgIpc) is 2.14. The number of carboxylic acid groups (broad SMARTS) is 1. The van der Waals surface area contributed by atoms with Gasteiger partial charge in [0.2, 0.25) is 0 Å². The van der Waals surface area contributed by atoms with E-state index in [2.05, 4.69) is 0 Å². The molecule has 14 heavy (non-hydrogen) atoms. The highest BCUT2D eigenvalue weighted by molar-refractivity contribution is 5.81. The van der Waals surface area contributed by atoms with E-state index in [1.165, 1.54) is 0 Å². The minimum atomic E-state index is -1.15. The molecule has 0 aliphatic carbocycles. The lowest BCUT2D eigenvalue weighted by molar-refractivity contribution is -0.305. The zero-order valence-corrected chi connectivity index (χ0v) is 8.58. The highest BCUT2D eigenvalue weighted by Gasteiger charge is 2.01. The van der Waals surface area contributed by atoms with Crippen LogP contribution in [0.4, 0.5) is 0 Å². The molecule has 0 aliphatic rings. The summed E-state index contributed by atoms with van der Waals surface area (Å²) in [6.07, 6.45) is 3.13. The number of aliphatic carboxylic acids is 1. The van der Waals surface area contributed by atoms with Gasteiger partial charge >= 0.3 is 0 Å². The molecule has 0 amide bonds. The van der Waals surface area contributed by atoms with E-state index in [-0.39, 0.29) is 18.6 Å². The predicted molar refractivity (Wildman–Crippen MR) is 49.6 cm³/mol. The van der Waals surface area contributed by atoms with Crippen LogP contribution in [0.3, 0.4) is 0 Å². The Morgan fingerprint density at radius 1 is 1.07 bits per heavy atom. The molecule has 4 heteroatoms. The van der Waals surface area contributed by atoms with E-state index < -0.39 is 5.97 Å². The molecule has 0 aliphatic heterocycles. The first kappa shape index (κ1) is 13.1. The topological polar surface area (TPSA) is 66.4 Å². The van der Waals surface area contributed by atoms with Gasteiger partial charge in [-0.05, 0) is 19.3 Å². The molecule has 0 bridgehead atoms. The third-order valence-electron chi connectivity index (χ3n) is 1.91. The second kappa shape index (κ2) is 8.69. The normalized spacial score (nSPS) is 10.1. The van der Waals surface area contributed by atoms with Crippen molar-refractivity contribution in [2.45, 2.75) is 38.5 Å². The molecular formula is C10H17O4-. The van der Waals surface area contributed by atoms with E-state index in [1.807, 2.05) is 0 Å². The van der Waals surface area contributed by atoms with Gasteiger partial charge in [-0.1, -0.05) is 6.42 Å². The maximum absolute atomic E-state index is 11.1. The van der Waals surface area contributed by atoms with Crippen molar-refractivity contribution in [3.8, 4) is 0 Å². The van der Waals surface area contributed by atoms with Crippen molar-refractivity contribution < 1.29 is 19.4 Å². The van der Waals surface area contributed by atoms with E-state index >= 15 is 0 Å². The number of carboxylic acids is 1. The Labute approximate surface area is 84.3 Å². The van der Waals surface area contributed by atoms with Crippen molar-refractivity contribution in [1.82, 2.24) is 0 Å². The minimum Gasteiger partial charge on any atom is -0.550 e. The summed E-state index contributed by atoms with van der Waals surface area (Å²) in [5.41, 5.74) is 0. The average molecular weight is 201 g/mol. The molecule has 0 heterocycles. The molecule has 0 saturated carbocycles. The molecule has 0 rings (SSSR count). The summed E-state index contributed by atoms with van der Waals surface area (Å²) in [4.78, 5) is 21.1. The van der Waals surface area contributed by atoms with Crippen LogP contribution in [0.2, 0.25) is 0 Å². The zero-order valence-electron chi connectivity index (χ0n) is 8.58. The molecule has 0 atom stereocenters. The Morgan fingerprint density at radius 3 is 2.36 bits per heavy atom. The van der Waals surface area contributed by atoms with E-state index in [1.54, 1.807) is 7.11 Å². The second-order valence-corrected chi connectivity index (χ2v) is 3.21. The summed E-state index contributed by atoms with van der Waals surface area (Å²) in [7, 11) is 1.64. The Morgan fingerprint density at radius 2 is 1.79 bits per heavy atom. The van der Waals surface area contributed by atoms with Gasteiger partial charge in [-0.3, -0.25) is 4.79 Å². The molecule has 0 radical (unpaired) electrons. The van der Waals surface area contributed by atoms with Crippen LogP contribution in [0, 0.1) is 0 Å². The summed E-state index contributed by atoms with van der Waals surface area (Å²) in [5.74, 6) is -1.15. The largest absolute Gasteiger partial charge is 0.550 e. The number of ketones is 1. The van der Waals surface area contributed by atoms with Crippen molar-refractivity contribution in [2.75, 3.05) is 13.7 Å². The first-order valence-corrected chi connectivity index (χ1v) is 4.87. The van der Waals surface area contributed by atoms with E-state index in [9.17, 15) is 14.7 Å².